The molecule has 0 aromatic heterocycles. The first kappa shape index (κ1) is 17.1. The van der Waals surface area contributed by atoms with Gasteiger partial charge in [-0.05, 0) is 45.2 Å². The fourth-order valence-electron chi connectivity index (χ4n) is 2.22. The molecule has 0 radical (unpaired) electrons. The van der Waals surface area contributed by atoms with Crippen molar-refractivity contribution in [3.05, 3.63) is 29.8 Å². The van der Waals surface area contributed by atoms with Gasteiger partial charge in [-0.3, -0.25) is 4.18 Å². The second-order valence-electron chi connectivity index (χ2n) is 6.02. The highest BCUT2D eigenvalue weighted by Crippen LogP contribution is 2.32. The molecular weight excluding hydrogens is 300 g/mol. The van der Waals surface area contributed by atoms with Gasteiger partial charge < -0.3 is 0 Å². The standard InChI is InChI=1S/C16H24N2O3S/c1-14-8-10-15(11-9-14)22(19,20)21-13-7-5-3-4-6-12-16(2)17-18-16/h8-11H,3-7,12-13H2,1-2H3. The van der Waals surface area contributed by atoms with E-state index < -0.39 is 10.1 Å². The molecule has 22 heavy (non-hydrogen) atoms. The Morgan fingerprint density at radius 2 is 1.59 bits per heavy atom. The SMILES string of the molecule is Cc1ccc(S(=O)(=O)OCCCCCCCC2(C)N=N2)cc1. The zero-order valence-electron chi connectivity index (χ0n) is 13.3. The molecule has 1 heterocycles. The van der Waals surface area contributed by atoms with Crippen LogP contribution < -0.4 is 0 Å². The van der Waals surface area contributed by atoms with Gasteiger partial charge in [0.15, 0.2) is 5.66 Å². The van der Waals surface area contributed by atoms with Crippen LogP contribution in [0, 0.1) is 6.92 Å². The Labute approximate surface area is 132 Å². The molecule has 122 valence electrons. The van der Waals surface area contributed by atoms with Crippen molar-refractivity contribution in [2.75, 3.05) is 6.61 Å². The van der Waals surface area contributed by atoms with Crippen LogP contribution in [-0.4, -0.2) is 20.7 Å². The van der Waals surface area contributed by atoms with Crippen LogP contribution in [0.5, 0.6) is 0 Å². The Hall–Kier alpha value is -1.27. The van der Waals surface area contributed by atoms with Gasteiger partial charge in [-0.25, -0.2) is 0 Å². The Kier molecular flexibility index (Phi) is 5.69. The molecule has 0 saturated heterocycles. The predicted molar refractivity (Wildman–Crippen MR) is 85.3 cm³/mol. The minimum atomic E-state index is -3.61. The Morgan fingerprint density at radius 1 is 1.00 bits per heavy atom. The molecule has 0 N–H and O–H groups in total. The molecule has 0 bridgehead atoms. The van der Waals surface area contributed by atoms with E-state index in [1.54, 1.807) is 24.3 Å². The van der Waals surface area contributed by atoms with E-state index >= 15 is 0 Å². The Balaban J connectivity index is 1.56. The summed E-state index contributed by atoms with van der Waals surface area (Å²) in [6.45, 7) is 4.21. The molecule has 1 aromatic rings. The van der Waals surface area contributed by atoms with Gasteiger partial charge >= 0.3 is 0 Å². The third-order valence-electron chi connectivity index (χ3n) is 3.78. The second kappa shape index (κ2) is 7.33. The van der Waals surface area contributed by atoms with E-state index in [2.05, 4.69) is 10.2 Å². The van der Waals surface area contributed by atoms with E-state index in [-0.39, 0.29) is 17.2 Å². The van der Waals surface area contributed by atoms with Gasteiger partial charge in [-0.2, -0.15) is 18.6 Å². The largest absolute Gasteiger partial charge is 0.296 e. The van der Waals surface area contributed by atoms with Crippen molar-refractivity contribution >= 4 is 10.1 Å². The summed E-state index contributed by atoms with van der Waals surface area (Å²) in [5.41, 5.74) is 0.935. The minimum absolute atomic E-state index is 0.0920. The lowest BCUT2D eigenvalue weighted by Crippen LogP contribution is -2.07. The molecular formula is C16H24N2O3S. The van der Waals surface area contributed by atoms with Crippen LogP contribution in [0.25, 0.3) is 0 Å². The molecule has 0 fully saturated rings. The van der Waals surface area contributed by atoms with Crippen LogP contribution in [0.2, 0.25) is 0 Å². The molecule has 1 aliphatic heterocycles. The summed E-state index contributed by atoms with van der Waals surface area (Å²) in [5, 5.41) is 7.96. The highest BCUT2D eigenvalue weighted by Gasteiger charge is 2.32. The zero-order chi connectivity index (χ0) is 16.1. The lowest BCUT2D eigenvalue weighted by molar-refractivity contribution is 0.306. The first-order valence-corrected chi connectivity index (χ1v) is 9.22. The summed E-state index contributed by atoms with van der Waals surface area (Å²) in [7, 11) is -3.61. The third-order valence-corrected chi connectivity index (χ3v) is 5.11. The molecule has 1 aromatic carbocycles. The summed E-state index contributed by atoms with van der Waals surface area (Å²) in [4.78, 5) is 0.225. The monoisotopic (exact) mass is 324 g/mol. The molecule has 5 nitrogen and oxygen atoms in total. The van der Waals surface area contributed by atoms with E-state index in [1.165, 1.54) is 0 Å². The van der Waals surface area contributed by atoms with Gasteiger partial charge in [-0.15, -0.1) is 0 Å². The number of hydrogen-bond acceptors (Lipinski definition) is 5. The van der Waals surface area contributed by atoms with Gasteiger partial charge in [-0.1, -0.05) is 37.0 Å². The molecule has 0 spiro atoms. The summed E-state index contributed by atoms with van der Waals surface area (Å²) in [5.74, 6) is 0. The maximum absolute atomic E-state index is 12.0. The minimum Gasteiger partial charge on any atom is -0.266 e. The van der Waals surface area contributed by atoms with E-state index in [1.807, 2.05) is 13.8 Å². The molecule has 6 heteroatoms. The van der Waals surface area contributed by atoms with Crippen LogP contribution >= 0.6 is 0 Å². The van der Waals surface area contributed by atoms with Crippen LogP contribution in [0.1, 0.15) is 51.0 Å². The molecule has 1 aliphatic rings. The number of benzene rings is 1. The highest BCUT2D eigenvalue weighted by molar-refractivity contribution is 7.86. The Bertz CT molecular complexity index is 603. The lowest BCUT2D eigenvalue weighted by Gasteiger charge is -2.06. The average molecular weight is 324 g/mol. The van der Waals surface area contributed by atoms with E-state index in [0.29, 0.717) is 0 Å². The van der Waals surface area contributed by atoms with Gasteiger partial charge in [0, 0.05) is 0 Å². The van der Waals surface area contributed by atoms with Crippen molar-refractivity contribution in [3.63, 3.8) is 0 Å². The lowest BCUT2D eigenvalue weighted by atomic mass is 10.1. The topological polar surface area (TPSA) is 68.1 Å². The van der Waals surface area contributed by atoms with Crippen molar-refractivity contribution in [1.82, 2.24) is 0 Å². The van der Waals surface area contributed by atoms with Gasteiger partial charge in [0.25, 0.3) is 10.1 Å². The van der Waals surface area contributed by atoms with Crippen molar-refractivity contribution < 1.29 is 12.6 Å². The van der Waals surface area contributed by atoms with E-state index in [4.69, 9.17) is 4.18 Å². The van der Waals surface area contributed by atoms with Crippen molar-refractivity contribution in [2.24, 2.45) is 10.2 Å². The number of unbranched alkanes of at least 4 members (excludes halogenated alkanes) is 4. The molecule has 0 unspecified atom stereocenters. The molecule has 0 aliphatic carbocycles. The average Bonchev–Trinajstić information content (AvgIpc) is 3.20. The van der Waals surface area contributed by atoms with Crippen LogP contribution in [-0.2, 0) is 14.3 Å². The van der Waals surface area contributed by atoms with Gasteiger partial charge in [0.05, 0.1) is 11.5 Å². The smallest absolute Gasteiger partial charge is 0.266 e. The van der Waals surface area contributed by atoms with E-state index in [9.17, 15) is 8.42 Å². The molecule has 2 rings (SSSR count). The van der Waals surface area contributed by atoms with Gasteiger partial charge in [0.2, 0.25) is 0 Å². The normalized spacial score (nSPS) is 15.9. The Morgan fingerprint density at radius 3 is 2.23 bits per heavy atom. The first-order valence-electron chi connectivity index (χ1n) is 7.81. The predicted octanol–water partition coefficient (Wildman–Crippen LogP) is 4.22. The van der Waals surface area contributed by atoms with Crippen LogP contribution in [0.4, 0.5) is 0 Å². The highest BCUT2D eigenvalue weighted by atomic mass is 32.2. The zero-order valence-corrected chi connectivity index (χ0v) is 14.1. The van der Waals surface area contributed by atoms with Crippen LogP contribution in [0.15, 0.2) is 39.4 Å². The maximum atomic E-state index is 12.0. The number of nitrogens with zero attached hydrogens (tertiary/aromatic N) is 2. The summed E-state index contributed by atoms with van der Waals surface area (Å²) in [6, 6.07) is 6.71. The van der Waals surface area contributed by atoms with Crippen molar-refractivity contribution in [3.8, 4) is 0 Å². The molecule has 0 saturated carbocycles. The third kappa shape index (κ3) is 5.50. The second-order valence-corrected chi connectivity index (χ2v) is 7.64. The molecule has 0 atom stereocenters. The number of hydrogen-bond donors (Lipinski definition) is 0. The first-order chi connectivity index (χ1) is 10.4. The maximum Gasteiger partial charge on any atom is 0.296 e. The summed E-state index contributed by atoms with van der Waals surface area (Å²) >= 11 is 0. The number of rotatable bonds is 10. The van der Waals surface area contributed by atoms with Crippen molar-refractivity contribution in [1.29, 1.82) is 0 Å². The summed E-state index contributed by atoms with van der Waals surface area (Å²) < 4.78 is 29.0. The quantitative estimate of drug-likeness (QED) is 0.478. The molecule has 0 amide bonds. The fraction of sp³-hybridized carbons (Fsp3) is 0.625. The van der Waals surface area contributed by atoms with Crippen molar-refractivity contribution in [2.45, 2.75) is 62.9 Å². The summed E-state index contributed by atoms with van der Waals surface area (Å²) in [6.07, 6.45) is 6.10. The van der Waals surface area contributed by atoms with Crippen LogP contribution in [0.3, 0.4) is 0 Å². The number of aryl methyl sites for hydroxylation is 1. The van der Waals surface area contributed by atoms with E-state index in [0.717, 1.165) is 44.1 Å². The fourth-order valence-corrected chi connectivity index (χ4v) is 3.16. The van der Waals surface area contributed by atoms with Gasteiger partial charge in [0.1, 0.15) is 0 Å².